The molecule has 0 radical (unpaired) electrons. The highest BCUT2D eigenvalue weighted by Gasteiger charge is 2.15. The van der Waals surface area contributed by atoms with Crippen molar-refractivity contribution in [3.63, 3.8) is 0 Å². The van der Waals surface area contributed by atoms with Gasteiger partial charge in [-0.05, 0) is 49.5 Å². The second kappa shape index (κ2) is 7.05. The summed E-state index contributed by atoms with van der Waals surface area (Å²) in [5.41, 5.74) is 1.45. The number of carboxylic acid groups (broad SMARTS) is 1. The fourth-order valence-electron chi connectivity index (χ4n) is 2.40. The van der Waals surface area contributed by atoms with E-state index in [4.69, 9.17) is 5.11 Å². The maximum atomic E-state index is 11.8. The molecule has 1 aliphatic heterocycles. The van der Waals surface area contributed by atoms with Crippen molar-refractivity contribution in [2.75, 3.05) is 18.4 Å². The van der Waals surface area contributed by atoms with E-state index in [2.05, 4.69) is 10.6 Å². The Labute approximate surface area is 118 Å². The SMILES string of the molecule is O=C(O)Cc1ccc(NC(=O)CCC2CCNC2)cc1. The molecular formula is C15H20N2O3. The number of benzene rings is 1. The maximum Gasteiger partial charge on any atom is 0.307 e. The third-order valence-electron chi connectivity index (χ3n) is 3.54. The first-order valence-electron chi connectivity index (χ1n) is 6.95. The van der Waals surface area contributed by atoms with Crippen LogP contribution in [0.25, 0.3) is 0 Å². The molecule has 1 aliphatic rings. The van der Waals surface area contributed by atoms with Crippen molar-refractivity contribution in [3.05, 3.63) is 29.8 Å². The third-order valence-corrected chi connectivity index (χ3v) is 3.54. The number of carboxylic acids is 1. The lowest BCUT2D eigenvalue weighted by atomic mass is 10.0. The van der Waals surface area contributed by atoms with Crippen LogP contribution in [0.3, 0.4) is 0 Å². The van der Waals surface area contributed by atoms with Crippen LogP contribution in [0.15, 0.2) is 24.3 Å². The molecule has 5 nitrogen and oxygen atoms in total. The Morgan fingerprint density at radius 1 is 1.30 bits per heavy atom. The molecule has 1 heterocycles. The van der Waals surface area contributed by atoms with Crippen molar-refractivity contribution in [3.8, 4) is 0 Å². The van der Waals surface area contributed by atoms with Crippen LogP contribution in [0.4, 0.5) is 5.69 Å². The van der Waals surface area contributed by atoms with E-state index in [1.807, 2.05) is 0 Å². The minimum absolute atomic E-state index is 0.00288. The van der Waals surface area contributed by atoms with Gasteiger partial charge in [-0.15, -0.1) is 0 Å². The molecule has 1 aromatic carbocycles. The number of nitrogens with one attached hydrogen (secondary N) is 2. The first kappa shape index (κ1) is 14.5. The number of carbonyl (C=O) groups excluding carboxylic acids is 1. The Kier molecular flexibility index (Phi) is 5.12. The quantitative estimate of drug-likeness (QED) is 0.738. The summed E-state index contributed by atoms with van der Waals surface area (Å²) in [6, 6.07) is 6.94. The summed E-state index contributed by atoms with van der Waals surface area (Å²) in [5.74, 6) is -0.228. The molecule has 108 valence electrons. The van der Waals surface area contributed by atoms with Crippen LogP contribution in [-0.4, -0.2) is 30.1 Å². The summed E-state index contributed by atoms with van der Waals surface area (Å²) in [7, 11) is 0. The molecule has 3 N–H and O–H groups in total. The number of hydrogen-bond donors (Lipinski definition) is 3. The molecular weight excluding hydrogens is 256 g/mol. The maximum absolute atomic E-state index is 11.8. The van der Waals surface area contributed by atoms with Crippen LogP contribution in [0.2, 0.25) is 0 Å². The largest absolute Gasteiger partial charge is 0.481 e. The van der Waals surface area contributed by atoms with Crippen LogP contribution >= 0.6 is 0 Å². The second-order valence-corrected chi connectivity index (χ2v) is 5.21. The zero-order valence-electron chi connectivity index (χ0n) is 11.4. The summed E-state index contributed by atoms with van der Waals surface area (Å²) in [5, 5.41) is 14.8. The van der Waals surface area contributed by atoms with Gasteiger partial charge in [0.15, 0.2) is 0 Å². The topological polar surface area (TPSA) is 78.4 Å². The van der Waals surface area contributed by atoms with E-state index >= 15 is 0 Å². The first-order chi connectivity index (χ1) is 9.63. The lowest BCUT2D eigenvalue weighted by Gasteiger charge is -2.09. The molecule has 2 rings (SSSR count). The molecule has 20 heavy (non-hydrogen) atoms. The number of carbonyl (C=O) groups is 2. The van der Waals surface area contributed by atoms with Gasteiger partial charge in [0.1, 0.15) is 0 Å². The molecule has 1 aromatic rings. The summed E-state index contributed by atoms with van der Waals surface area (Å²) >= 11 is 0. The van der Waals surface area contributed by atoms with Gasteiger partial charge in [-0.25, -0.2) is 0 Å². The Morgan fingerprint density at radius 3 is 2.65 bits per heavy atom. The van der Waals surface area contributed by atoms with Crippen molar-refractivity contribution in [2.45, 2.75) is 25.7 Å². The number of hydrogen-bond acceptors (Lipinski definition) is 3. The number of anilines is 1. The van der Waals surface area contributed by atoms with E-state index < -0.39 is 5.97 Å². The molecule has 0 saturated carbocycles. The highest BCUT2D eigenvalue weighted by molar-refractivity contribution is 5.90. The molecule has 0 bridgehead atoms. The van der Waals surface area contributed by atoms with E-state index in [1.54, 1.807) is 24.3 Å². The van der Waals surface area contributed by atoms with Crippen LogP contribution < -0.4 is 10.6 Å². The summed E-state index contributed by atoms with van der Waals surface area (Å²) in [6.07, 6.45) is 2.60. The molecule has 1 unspecified atom stereocenters. The van der Waals surface area contributed by atoms with Gasteiger partial charge < -0.3 is 15.7 Å². The van der Waals surface area contributed by atoms with E-state index in [1.165, 1.54) is 0 Å². The van der Waals surface area contributed by atoms with Gasteiger partial charge in [0.25, 0.3) is 0 Å². The average Bonchev–Trinajstić information content (AvgIpc) is 2.91. The van der Waals surface area contributed by atoms with Crippen molar-refractivity contribution in [1.29, 1.82) is 0 Å². The van der Waals surface area contributed by atoms with Crippen molar-refractivity contribution in [2.24, 2.45) is 5.92 Å². The van der Waals surface area contributed by atoms with E-state index in [-0.39, 0.29) is 12.3 Å². The van der Waals surface area contributed by atoms with E-state index in [0.717, 1.165) is 31.5 Å². The lowest BCUT2D eigenvalue weighted by molar-refractivity contribution is -0.136. The molecule has 0 spiro atoms. The standard InChI is InChI=1S/C15H20N2O3/c18-14(6-3-12-7-8-16-10-12)17-13-4-1-11(2-5-13)9-15(19)20/h1-2,4-5,12,16H,3,6-10H2,(H,17,18)(H,19,20). The molecule has 1 atom stereocenters. The predicted octanol–water partition coefficient (Wildman–Crippen LogP) is 1.64. The van der Waals surface area contributed by atoms with Crippen molar-refractivity contribution < 1.29 is 14.7 Å². The summed E-state index contributed by atoms with van der Waals surface area (Å²) < 4.78 is 0. The molecule has 5 heteroatoms. The van der Waals surface area contributed by atoms with Crippen molar-refractivity contribution in [1.82, 2.24) is 5.32 Å². The van der Waals surface area contributed by atoms with Crippen LogP contribution in [0, 0.1) is 5.92 Å². The average molecular weight is 276 g/mol. The molecule has 0 aliphatic carbocycles. The van der Waals surface area contributed by atoms with Gasteiger partial charge in [0, 0.05) is 12.1 Å². The Morgan fingerprint density at radius 2 is 2.05 bits per heavy atom. The Bertz CT molecular complexity index is 465. The smallest absolute Gasteiger partial charge is 0.307 e. The molecule has 1 fully saturated rings. The molecule has 0 aromatic heterocycles. The predicted molar refractivity (Wildman–Crippen MR) is 76.6 cm³/mol. The normalized spacial score (nSPS) is 17.9. The third kappa shape index (κ3) is 4.66. The van der Waals surface area contributed by atoms with Gasteiger partial charge in [0.05, 0.1) is 6.42 Å². The Hall–Kier alpha value is -1.88. The van der Waals surface area contributed by atoms with Gasteiger partial charge in [-0.1, -0.05) is 12.1 Å². The first-order valence-corrected chi connectivity index (χ1v) is 6.95. The number of amides is 1. The van der Waals surface area contributed by atoms with Crippen LogP contribution in [0.5, 0.6) is 0 Å². The summed E-state index contributed by atoms with van der Waals surface area (Å²) in [4.78, 5) is 22.4. The highest BCUT2D eigenvalue weighted by atomic mass is 16.4. The van der Waals surface area contributed by atoms with Crippen molar-refractivity contribution >= 4 is 17.6 Å². The number of aliphatic carboxylic acids is 1. The monoisotopic (exact) mass is 276 g/mol. The highest BCUT2D eigenvalue weighted by Crippen LogP contribution is 2.16. The van der Waals surface area contributed by atoms with Gasteiger partial charge in [0.2, 0.25) is 5.91 Å². The second-order valence-electron chi connectivity index (χ2n) is 5.21. The Balaban J connectivity index is 1.76. The van der Waals surface area contributed by atoms with Gasteiger partial charge in [-0.3, -0.25) is 9.59 Å². The van der Waals surface area contributed by atoms with E-state index in [9.17, 15) is 9.59 Å². The summed E-state index contributed by atoms with van der Waals surface area (Å²) in [6.45, 7) is 2.06. The lowest BCUT2D eigenvalue weighted by Crippen LogP contribution is -2.15. The zero-order valence-corrected chi connectivity index (χ0v) is 11.4. The molecule has 1 saturated heterocycles. The minimum Gasteiger partial charge on any atom is -0.481 e. The fraction of sp³-hybridized carbons (Fsp3) is 0.467. The minimum atomic E-state index is -0.855. The fourth-order valence-corrected chi connectivity index (χ4v) is 2.40. The van der Waals surface area contributed by atoms with Gasteiger partial charge in [-0.2, -0.15) is 0 Å². The molecule has 1 amide bonds. The van der Waals surface area contributed by atoms with Crippen LogP contribution in [0.1, 0.15) is 24.8 Å². The van der Waals surface area contributed by atoms with Crippen LogP contribution in [-0.2, 0) is 16.0 Å². The zero-order chi connectivity index (χ0) is 14.4. The number of rotatable bonds is 6. The van der Waals surface area contributed by atoms with E-state index in [0.29, 0.717) is 18.0 Å². The van der Waals surface area contributed by atoms with Gasteiger partial charge >= 0.3 is 5.97 Å².